The minimum atomic E-state index is -0.0925. The van der Waals surface area contributed by atoms with E-state index in [0.29, 0.717) is 27.1 Å². The van der Waals surface area contributed by atoms with Gasteiger partial charge < -0.3 is 9.47 Å². The molecule has 30 heavy (non-hydrogen) atoms. The first-order valence-electron chi connectivity index (χ1n) is 9.72. The van der Waals surface area contributed by atoms with Crippen molar-refractivity contribution in [3.63, 3.8) is 0 Å². The Labute approximate surface area is 185 Å². The maximum Gasteiger partial charge on any atom is 0.266 e. The Morgan fingerprint density at radius 2 is 2.07 bits per heavy atom. The van der Waals surface area contributed by atoms with E-state index in [4.69, 9.17) is 21.7 Å². The van der Waals surface area contributed by atoms with Gasteiger partial charge in [0, 0.05) is 17.7 Å². The fourth-order valence-corrected chi connectivity index (χ4v) is 4.70. The average molecular weight is 437 g/mol. The van der Waals surface area contributed by atoms with E-state index in [0.717, 1.165) is 30.6 Å². The maximum absolute atomic E-state index is 12.9. The number of thioether (sulfide) groups is 1. The van der Waals surface area contributed by atoms with Crippen molar-refractivity contribution in [1.82, 2.24) is 4.90 Å². The molecule has 2 saturated heterocycles. The van der Waals surface area contributed by atoms with Gasteiger partial charge in [-0.3, -0.25) is 9.69 Å². The maximum atomic E-state index is 12.9. The zero-order chi connectivity index (χ0) is 20.9. The van der Waals surface area contributed by atoms with Crippen molar-refractivity contribution < 1.29 is 14.3 Å². The molecule has 2 heterocycles. The van der Waals surface area contributed by atoms with Crippen molar-refractivity contribution in [2.45, 2.75) is 25.6 Å². The van der Waals surface area contributed by atoms with Crippen LogP contribution in [0, 0.1) is 11.3 Å². The standard InChI is InChI=1S/C23H20N2O3S2/c24-13-17-7-1-2-8-18(17)15-28-20-10-4-3-6-16(20)12-21-22(26)25(23(29)30-21)14-19-9-5-11-27-19/h1-4,6-8,10,12,19H,5,9,11,14-15H2/b21-12-/t19-/m1/s1. The van der Waals surface area contributed by atoms with E-state index in [1.54, 1.807) is 11.0 Å². The molecule has 0 radical (unpaired) electrons. The molecule has 0 aromatic heterocycles. The molecule has 4 rings (SSSR count). The van der Waals surface area contributed by atoms with Gasteiger partial charge in [0.05, 0.1) is 29.2 Å². The Kier molecular flexibility index (Phi) is 6.48. The Morgan fingerprint density at radius 3 is 2.87 bits per heavy atom. The third-order valence-corrected chi connectivity index (χ3v) is 6.39. The molecule has 0 N–H and O–H groups in total. The second kappa shape index (κ2) is 9.43. The summed E-state index contributed by atoms with van der Waals surface area (Å²) in [6, 6.07) is 17.1. The van der Waals surface area contributed by atoms with Gasteiger partial charge in [0.2, 0.25) is 0 Å². The van der Waals surface area contributed by atoms with E-state index in [9.17, 15) is 10.1 Å². The van der Waals surface area contributed by atoms with Crippen LogP contribution in [0.3, 0.4) is 0 Å². The Balaban J connectivity index is 1.51. The minimum absolute atomic E-state index is 0.0580. The molecule has 0 unspecified atom stereocenters. The van der Waals surface area contributed by atoms with Crippen molar-refractivity contribution in [1.29, 1.82) is 5.26 Å². The van der Waals surface area contributed by atoms with Gasteiger partial charge in [0.15, 0.2) is 0 Å². The van der Waals surface area contributed by atoms with E-state index in [2.05, 4.69) is 6.07 Å². The van der Waals surface area contributed by atoms with Crippen LogP contribution in [-0.4, -0.2) is 34.4 Å². The fraction of sp³-hybridized carbons (Fsp3) is 0.261. The number of para-hydroxylation sites is 1. The van der Waals surface area contributed by atoms with Crippen LogP contribution < -0.4 is 4.74 Å². The highest BCUT2D eigenvalue weighted by Gasteiger charge is 2.34. The number of benzene rings is 2. The van der Waals surface area contributed by atoms with Crippen LogP contribution in [0.1, 0.15) is 29.5 Å². The molecule has 7 heteroatoms. The van der Waals surface area contributed by atoms with E-state index in [-0.39, 0.29) is 18.6 Å². The summed E-state index contributed by atoms with van der Waals surface area (Å²) >= 11 is 6.73. The molecule has 2 fully saturated rings. The molecule has 2 aromatic carbocycles. The Morgan fingerprint density at radius 1 is 1.27 bits per heavy atom. The lowest BCUT2D eigenvalue weighted by atomic mass is 10.1. The molecule has 152 valence electrons. The van der Waals surface area contributed by atoms with Gasteiger partial charge in [-0.1, -0.05) is 60.4 Å². The lowest BCUT2D eigenvalue weighted by molar-refractivity contribution is -0.123. The normalized spacial score (nSPS) is 20.0. The third-order valence-electron chi connectivity index (χ3n) is 5.01. The van der Waals surface area contributed by atoms with Crippen LogP contribution >= 0.6 is 24.0 Å². The number of carbonyl (C=O) groups is 1. The molecule has 0 saturated carbocycles. The summed E-state index contributed by atoms with van der Waals surface area (Å²) in [4.78, 5) is 15.1. The number of hydrogen-bond acceptors (Lipinski definition) is 6. The van der Waals surface area contributed by atoms with Crippen LogP contribution in [0.25, 0.3) is 6.08 Å². The van der Waals surface area contributed by atoms with Crippen LogP contribution in [0.15, 0.2) is 53.4 Å². The van der Waals surface area contributed by atoms with Crippen LogP contribution in [-0.2, 0) is 16.1 Å². The molecule has 1 amide bonds. The van der Waals surface area contributed by atoms with E-state index in [1.807, 2.05) is 48.5 Å². The molecule has 2 aliphatic rings. The highest BCUT2D eigenvalue weighted by Crippen LogP contribution is 2.35. The SMILES string of the molecule is N#Cc1ccccc1COc1ccccc1/C=C1\SC(=S)N(C[C@H]2CCCO2)C1=O. The van der Waals surface area contributed by atoms with Crippen LogP contribution in [0.5, 0.6) is 5.75 Å². The number of amides is 1. The number of thiocarbonyl (C=S) groups is 1. The van der Waals surface area contributed by atoms with Crippen molar-refractivity contribution >= 4 is 40.3 Å². The summed E-state index contributed by atoms with van der Waals surface area (Å²) in [6.07, 6.45) is 3.86. The highest BCUT2D eigenvalue weighted by atomic mass is 32.2. The third kappa shape index (κ3) is 4.57. The highest BCUT2D eigenvalue weighted by molar-refractivity contribution is 8.26. The quantitative estimate of drug-likeness (QED) is 0.490. The zero-order valence-electron chi connectivity index (χ0n) is 16.2. The Hall–Kier alpha value is -2.66. The monoisotopic (exact) mass is 436 g/mol. The topological polar surface area (TPSA) is 62.6 Å². The first-order valence-corrected chi connectivity index (χ1v) is 10.9. The summed E-state index contributed by atoms with van der Waals surface area (Å²) in [5.41, 5.74) is 2.20. The first kappa shape index (κ1) is 20.6. The minimum Gasteiger partial charge on any atom is -0.488 e. The summed E-state index contributed by atoms with van der Waals surface area (Å²) in [5, 5.41) is 9.26. The number of nitriles is 1. The number of nitrogens with zero attached hydrogens (tertiary/aromatic N) is 2. The molecule has 2 aliphatic heterocycles. The van der Waals surface area contributed by atoms with E-state index >= 15 is 0 Å². The second-order valence-electron chi connectivity index (χ2n) is 7.02. The van der Waals surface area contributed by atoms with E-state index < -0.39 is 0 Å². The lowest BCUT2D eigenvalue weighted by Crippen LogP contribution is -2.35. The summed E-state index contributed by atoms with van der Waals surface area (Å²) in [5.74, 6) is 0.555. The number of rotatable bonds is 6. The summed E-state index contributed by atoms with van der Waals surface area (Å²) in [7, 11) is 0. The van der Waals surface area contributed by atoms with Gasteiger partial charge in [-0.25, -0.2) is 0 Å². The molecule has 0 spiro atoms. The molecular formula is C23H20N2O3S2. The van der Waals surface area contributed by atoms with Crippen molar-refractivity contribution in [2.75, 3.05) is 13.2 Å². The van der Waals surface area contributed by atoms with E-state index in [1.165, 1.54) is 11.8 Å². The largest absolute Gasteiger partial charge is 0.488 e. The summed E-state index contributed by atoms with van der Waals surface area (Å²) in [6.45, 7) is 1.52. The second-order valence-corrected chi connectivity index (χ2v) is 8.70. The molecule has 0 aliphatic carbocycles. The van der Waals surface area contributed by atoms with Crippen molar-refractivity contribution in [3.05, 3.63) is 70.1 Å². The predicted molar refractivity (Wildman–Crippen MR) is 121 cm³/mol. The van der Waals surface area contributed by atoms with Crippen molar-refractivity contribution in [2.24, 2.45) is 0 Å². The number of hydrogen-bond donors (Lipinski definition) is 0. The van der Waals surface area contributed by atoms with Gasteiger partial charge in [-0.05, 0) is 31.1 Å². The average Bonchev–Trinajstić information content (AvgIpc) is 3.37. The molecule has 0 bridgehead atoms. The van der Waals surface area contributed by atoms with Crippen LogP contribution in [0.4, 0.5) is 0 Å². The van der Waals surface area contributed by atoms with Gasteiger partial charge >= 0.3 is 0 Å². The summed E-state index contributed by atoms with van der Waals surface area (Å²) < 4.78 is 12.2. The predicted octanol–water partition coefficient (Wildman–Crippen LogP) is 4.52. The smallest absolute Gasteiger partial charge is 0.266 e. The molecule has 2 aromatic rings. The van der Waals surface area contributed by atoms with Crippen molar-refractivity contribution in [3.8, 4) is 11.8 Å². The fourth-order valence-electron chi connectivity index (χ4n) is 3.43. The van der Waals surface area contributed by atoms with Gasteiger partial charge in [0.25, 0.3) is 5.91 Å². The van der Waals surface area contributed by atoms with Crippen LogP contribution in [0.2, 0.25) is 0 Å². The van der Waals surface area contributed by atoms with Gasteiger partial charge in [-0.2, -0.15) is 5.26 Å². The molecule has 5 nitrogen and oxygen atoms in total. The molecule has 1 atom stereocenters. The first-order chi connectivity index (χ1) is 14.7. The lowest BCUT2D eigenvalue weighted by Gasteiger charge is -2.18. The van der Waals surface area contributed by atoms with Gasteiger partial charge in [0.1, 0.15) is 16.7 Å². The number of ether oxygens (including phenoxy) is 2. The Bertz CT molecular complexity index is 1040. The number of carbonyl (C=O) groups excluding carboxylic acids is 1. The molecular weight excluding hydrogens is 416 g/mol. The zero-order valence-corrected chi connectivity index (χ0v) is 17.9. The van der Waals surface area contributed by atoms with Gasteiger partial charge in [-0.15, -0.1) is 0 Å².